The van der Waals surface area contributed by atoms with Crippen molar-refractivity contribution in [2.75, 3.05) is 13.1 Å². The van der Waals surface area contributed by atoms with Crippen molar-refractivity contribution in [1.29, 1.82) is 0 Å². The second-order valence-electron chi connectivity index (χ2n) is 11.7. The molecule has 0 spiro atoms. The molecule has 5 heterocycles. The Kier molecular flexibility index (Phi) is 19.6. The first-order chi connectivity index (χ1) is 20.0. The minimum Gasteiger partial charge on any atom is -0.316 e. The number of thiazole rings is 1. The molecular weight excluding hydrogens is 559 g/mol. The number of aromatic nitrogens is 6. The highest BCUT2D eigenvalue weighted by Crippen LogP contribution is 2.18. The lowest BCUT2D eigenvalue weighted by atomic mass is 9.96. The lowest BCUT2D eigenvalue weighted by Crippen LogP contribution is -2.12. The van der Waals surface area contributed by atoms with Crippen LogP contribution < -0.4 is 5.32 Å². The summed E-state index contributed by atoms with van der Waals surface area (Å²) in [5, 5.41) is 19.7. The molecule has 1 aliphatic rings. The Bertz CT molecular complexity index is 1030. The largest absolute Gasteiger partial charge is 0.316 e. The second-order valence-corrected chi connectivity index (χ2v) is 13.5. The third-order valence-corrected chi connectivity index (χ3v) is 8.54. The van der Waals surface area contributed by atoms with Gasteiger partial charge >= 0.3 is 0 Å². The lowest BCUT2D eigenvalue weighted by Gasteiger charge is -2.10. The van der Waals surface area contributed by atoms with Crippen molar-refractivity contribution in [2.45, 2.75) is 99.3 Å². The zero-order chi connectivity index (χ0) is 31.3. The van der Waals surface area contributed by atoms with E-state index in [0.717, 1.165) is 22.5 Å². The van der Waals surface area contributed by atoms with Crippen LogP contribution in [0, 0.1) is 11.8 Å². The first-order valence-electron chi connectivity index (χ1n) is 15.0. The number of nitrogens with zero attached hydrogens (tertiary/aromatic N) is 6. The van der Waals surface area contributed by atoms with Gasteiger partial charge in [-0.05, 0) is 72.9 Å². The molecule has 1 unspecified atom stereocenters. The molecule has 0 aromatic carbocycles. The molecule has 4 aromatic heterocycles. The van der Waals surface area contributed by atoms with Gasteiger partial charge in [-0.25, -0.2) is 0 Å². The first-order valence-corrected chi connectivity index (χ1v) is 16.8. The van der Waals surface area contributed by atoms with Crippen LogP contribution in [0.5, 0.6) is 0 Å². The Balaban J connectivity index is 0.000000263. The standard InChI is InChI=1S/C8H11N.C7H10N2.C7H15N.C6H9NS.C5H8N2S/c1-7(2)8-4-3-5-9-6-8;1-6(2)7-4-3-5-8-9-7;1-6(2)7-3-4-8-5-7;1-5(2)6-3-7-4-8-6;1-4(2)5-7-6-3-8-5/h3-7H,1-2H3;3-6H,1-2H3;6-8H,3-5H2,1-2H3;3-5H,1-2H3;3-4H,1-2H3. The van der Waals surface area contributed by atoms with Crippen molar-refractivity contribution in [1.82, 2.24) is 35.7 Å². The predicted molar refractivity (Wildman–Crippen MR) is 180 cm³/mol. The molecular formula is C33H53N7S2. The van der Waals surface area contributed by atoms with Gasteiger partial charge in [-0.3, -0.25) is 9.97 Å². The maximum absolute atomic E-state index is 4.01. The molecule has 0 radical (unpaired) electrons. The summed E-state index contributed by atoms with van der Waals surface area (Å²) < 4.78 is 0. The number of hydrogen-bond donors (Lipinski definition) is 1. The zero-order valence-corrected chi connectivity index (χ0v) is 29.0. The highest BCUT2D eigenvalue weighted by molar-refractivity contribution is 7.09. The Morgan fingerprint density at radius 2 is 1.45 bits per heavy atom. The quantitative estimate of drug-likeness (QED) is 0.241. The molecule has 42 heavy (non-hydrogen) atoms. The van der Waals surface area contributed by atoms with Crippen molar-refractivity contribution < 1.29 is 0 Å². The van der Waals surface area contributed by atoms with Crippen molar-refractivity contribution in [3.63, 3.8) is 0 Å². The molecule has 232 valence electrons. The van der Waals surface area contributed by atoms with Crippen LogP contribution in [0.25, 0.3) is 0 Å². The van der Waals surface area contributed by atoms with Gasteiger partial charge in [0.1, 0.15) is 10.5 Å². The monoisotopic (exact) mass is 611 g/mol. The Morgan fingerprint density at radius 1 is 0.714 bits per heavy atom. The van der Waals surface area contributed by atoms with E-state index in [2.05, 4.69) is 111 Å². The van der Waals surface area contributed by atoms with Gasteiger partial charge in [0.25, 0.3) is 0 Å². The average molecular weight is 612 g/mol. The van der Waals surface area contributed by atoms with Crippen LogP contribution in [0.15, 0.2) is 60.1 Å². The zero-order valence-electron chi connectivity index (χ0n) is 27.4. The van der Waals surface area contributed by atoms with Crippen LogP contribution in [-0.4, -0.2) is 43.5 Å². The van der Waals surface area contributed by atoms with Gasteiger partial charge in [-0.1, -0.05) is 75.3 Å². The normalized spacial score (nSPS) is 13.9. The van der Waals surface area contributed by atoms with Gasteiger partial charge in [0.15, 0.2) is 0 Å². The van der Waals surface area contributed by atoms with E-state index in [-0.39, 0.29) is 0 Å². The maximum atomic E-state index is 4.01. The van der Waals surface area contributed by atoms with Crippen molar-refractivity contribution in [3.05, 3.63) is 81.2 Å². The van der Waals surface area contributed by atoms with Crippen LogP contribution in [-0.2, 0) is 0 Å². The highest BCUT2D eigenvalue weighted by Gasteiger charge is 2.16. The van der Waals surface area contributed by atoms with Crippen molar-refractivity contribution in [2.24, 2.45) is 11.8 Å². The van der Waals surface area contributed by atoms with E-state index < -0.39 is 0 Å². The van der Waals surface area contributed by atoms with E-state index in [1.807, 2.05) is 36.1 Å². The fourth-order valence-electron chi connectivity index (χ4n) is 3.53. The Hall–Kier alpha value is -2.62. The molecule has 5 rings (SSSR count). The summed E-state index contributed by atoms with van der Waals surface area (Å²) in [5.41, 5.74) is 5.99. The minimum absolute atomic E-state index is 0.485. The van der Waals surface area contributed by atoms with Crippen LogP contribution in [0.3, 0.4) is 0 Å². The summed E-state index contributed by atoms with van der Waals surface area (Å²) in [7, 11) is 0. The fraction of sp³-hybridized carbons (Fsp3) is 0.576. The number of pyridine rings is 1. The third-order valence-electron chi connectivity index (χ3n) is 6.47. The average Bonchev–Trinajstić information content (AvgIpc) is 3.79. The van der Waals surface area contributed by atoms with E-state index in [1.165, 1.54) is 30.0 Å². The van der Waals surface area contributed by atoms with Gasteiger partial charge in [0, 0.05) is 35.6 Å². The molecule has 1 N–H and O–H groups in total. The second kappa shape index (κ2) is 22.0. The van der Waals surface area contributed by atoms with Crippen LogP contribution >= 0.6 is 22.7 Å². The molecule has 0 saturated carbocycles. The predicted octanol–water partition coefficient (Wildman–Crippen LogP) is 8.98. The number of nitrogens with one attached hydrogen (secondary N) is 1. The summed E-state index contributed by atoms with van der Waals surface area (Å²) in [6, 6.07) is 7.95. The summed E-state index contributed by atoms with van der Waals surface area (Å²) in [6.45, 7) is 24.2. The molecule has 0 aliphatic carbocycles. The van der Waals surface area contributed by atoms with E-state index in [0.29, 0.717) is 23.7 Å². The molecule has 0 bridgehead atoms. The third kappa shape index (κ3) is 16.7. The van der Waals surface area contributed by atoms with Crippen molar-refractivity contribution in [3.8, 4) is 0 Å². The smallest absolute Gasteiger partial charge is 0.119 e. The molecule has 0 amide bonds. The first kappa shape index (κ1) is 37.4. The van der Waals surface area contributed by atoms with Crippen molar-refractivity contribution >= 4 is 22.7 Å². The summed E-state index contributed by atoms with van der Waals surface area (Å²) in [4.78, 5) is 9.33. The molecule has 1 saturated heterocycles. The van der Waals surface area contributed by atoms with Crippen LogP contribution in [0.2, 0.25) is 0 Å². The SMILES string of the molecule is CC(C)C1CCNC1.CC(C)c1cccnc1.CC(C)c1cccnn1.CC(C)c1cncs1.CC(C)c1nncs1. The summed E-state index contributed by atoms with van der Waals surface area (Å²) in [5.74, 6) is 4.09. The van der Waals surface area contributed by atoms with Gasteiger partial charge < -0.3 is 5.32 Å². The van der Waals surface area contributed by atoms with Gasteiger partial charge in [0.05, 0.1) is 11.2 Å². The van der Waals surface area contributed by atoms with Crippen LogP contribution in [0.4, 0.5) is 0 Å². The summed E-state index contributed by atoms with van der Waals surface area (Å²) >= 11 is 3.33. The highest BCUT2D eigenvalue weighted by atomic mass is 32.1. The number of hydrogen-bond acceptors (Lipinski definition) is 9. The lowest BCUT2D eigenvalue weighted by molar-refractivity contribution is 0.419. The maximum Gasteiger partial charge on any atom is 0.119 e. The van der Waals surface area contributed by atoms with Crippen LogP contribution in [0.1, 0.15) is 120 Å². The van der Waals surface area contributed by atoms with E-state index in [1.54, 1.807) is 40.6 Å². The molecule has 4 aromatic rings. The number of rotatable bonds is 5. The molecule has 9 heteroatoms. The van der Waals surface area contributed by atoms with E-state index in [4.69, 9.17) is 0 Å². The minimum atomic E-state index is 0.485. The molecule has 1 fully saturated rings. The van der Waals surface area contributed by atoms with Gasteiger partial charge in [-0.2, -0.15) is 10.2 Å². The topological polar surface area (TPSA) is 89.4 Å². The Morgan fingerprint density at radius 3 is 1.74 bits per heavy atom. The van der Waals surface area contributed by atoms with E-state index >= 15 is 0 Å². The summed E-state index contributed by atoms with van der Waals surface area (Å²) in [6.07, 6.45) is 8.70. The molecule has 7 nitrogen and oxygen atoms in total. The Labute approximate surface area is 263 Å². The molecule has 1 aliphatic heterocycles. The molecule has 1 atom stereocenters. The fourth-order valence-corrected chi connectivity index (χ4v) is 4.73. The van der Waals surface area contributed by atoms with Gasteiger partial charge in [0.2, 0.25) is 0 Å². The van der Waals surface area contributed by atoms with E-state index in [9.17, 15) is 0 Å². The van der Waals surface area contributed by atoms with Gasteiger partial charge in [-0.15, -0.1) is 32.9 Å².